The average Bonchev–Trinajstić information content (AvgIpc) is 2.39. The molecule has 4 heteroatoms. The fourth-order valence-corrected chi connectivity index (χ4v) is 2.28. The summed E-state index contributed by atoms with van der Waals surface area (Å²) in [6.07, 6.45) is 15.7. The van der Waals surface area contributed by atoms with E-state index in [-0.39, 0.29) is 18.9 Å². The number of rotatable bonds is 14. The Kier molecular flexibility index (Phi) is 20.9. The molecule has 3 nitrogen and oxygen atoms in total. The summed E-state index contributed by atoms with van der Waals surface area (Å²) in [5.74, 6) is 0. The van der Waals surface area contributed by atoms with Gasteiger partial charge >= 0.3 is 25.0 Å². The molecule has 0 aromatic rings. The van der Waals surface area contributed by atoms with Crippen molar-refractivity contribution in [3.05, 3.63) is 0 Å². The Hall–Kier alpha value is -0.133. The molecule has 0 aromatic carbocycles. The number of carboxylic acid groups (broad SMARTS) is 1. The van der Waals surface area contributed by atoms with Crippen molar-refractivity contribution in [2.45, 2.75) is 90.4 Å². The van der Waals surface area contributed by atoms with Crippen LogP contribution in [0.4, 0.5) is 4.79 Å². The van der Waals surface area contributed by atoms with E-state index in [9.17, 15) is 4.79 Å². The molecule has 20 heavy (non-hydrogen) atoms. The van der Waals surface area contributed by atoms with E-state index in [1.165, 1.54) is 70.6 Å². The van der Waals surface area contributed by atoms with Crippen molar-refractivity contribution in [3.63, 3.8) is 0 Å². The molecule has 0 heterocycles. The van der Waals surface area contributed by atoms with Crippen LogP contribution in [-0.4, -0.2) is 36.7 Å². The zero-order valence-electron chi connectivity index (χ0n) is 12.7. The van der Waals surface area contributed by atoms with Gasteiger partial charge in [0.1, 0.15) is 0 Å². The van der Waals surface area contributed by atoms with Gasteiger partial charge in [-0.25, -0.2) is 4.79 Å². The van der Waals surface area contributed by atoms with Gasteiger partial charge in [-0.3, -0.25) is 0 Å². The second-order valence-electron chi connectivity index (χ2n) is 5.36. The molecule has 0 rings (SSSR count). The molecule has 0 radical (unpaired) electrons. The number of hydrogen-bond acceptors (Lipinski definition) is 2. The quantitative estimate of drug-likeness (QED) is 0.273. The summed E-state index contributed by atoms with van der Waals surface area (Å²) in [7, 11) is 0. The van der Waals surface area contributed by atoms with Crippen LogP contribution in [0, 0.1) is 0 Å². The van der Waals surface area contributed by atoms with Crippen molar-refractivity contribution in [2.24, 2.45) is 0 Å². The molecule has 1 N–H and O–H groups in total. The summed E-state index contributed by atoms with van der Waals surface area (Å²) in [6.45, 7) is 2.61. The average molecular weight is 280 g/mol. The monoisotopic (exact) mass is 280 g/mol. The van der Waals surface area contributed by atoms with Crippen molar-refractivity contribution in [3.8, 4) is 0 Å². The standard InChI is InChI=1S/C16H32O3.Li.H/c1-2-3-4-5-6-7-8-9-10-11-12-13-14-15-19-16(17)18;;/h2-15H2,1H3,(H,17,18);;. The maximum atomic E-state index is 10.1. The molecular formula is C16H33LiO3. The molecule has 0 aliphatic heterocycles. The Morgan fingerprint density at radius 1 is 0.750 bits per heavy atom. The predicted octanol–water partition coefficient (Wildman–Crippen LogP) is 5.12. The van der Waals surface area contributed by atoms with E-state index < -0.39 is 6.16 Å². The summed E-state index contributed by atoms with van der Waals surface area (Å²) in [5, 5.41) is 8.28. The summed E-state index contributed by atoms with van der Waals surface area (Å²) in [4.78, 5) is 10.1. The molecule has 116 valence electrons. The maximum absolute atomic E-state index is 10.1. The first-order valence-corrected chi connectivity index (χ1v) is 8.13. The van der Waals surface area contributed by atoms with E-state index in [4.69, 9.17) is 5.11 Å². The van der Waals surface area contributed by atoms with Crippen LogP contribution in [0.15, 0.2) is 0 Å². The molecule has 0 spiro atoms. The van der Waals surface area contributed by atoms with Crippen LogP contribution in [0.1, 0.15) is 90.4 Å². The van der Waals surface area contributed by atoms with E-state index in [0.717, 1.165) is 12.8 Å². The van der Waals surface area contributed by atoms with Gasteiger partial charge in [0, 0.05) is 0 Å². The van der Waals surface area contributed by atoms with E-state index in [0.29, 0.717) is 6.61 Å². The molecule has 0 bridgehead atoms. The van der Waals surface area contributed by atoms with E-state index >= 15 is 0 Å². The van der Waals surface area contributed by atoms with Crippen LogP contribution in [0.3, 0.4) is 0 Å². The molecule has 0 atom stereocenters. The Morgan fingerprint density at radius 3 is 1.45 bits per heavy atom. The Balaban J connectivity index is 0. The fourth-order valence-electron chi connectivity index (χ4n) is 2.28. The third-order valence-electron chi connectivity index (χ3n) is 3.47. The molecule has 0 aliphatic rings. The summed E-state index contributed by atoms with van der Waals surface area (Å²) < 4.78 is 4.46. The van der Waals surface area contributed by atoms with E-state index in [1.54, 1.807) is 0 Å². The van der Waals surface area contributed by atoms with E-state index in [2.05, 4.69) is 11.7 Å². The van der Waals surface area contributed by atoms with Crippen molar-refractivity contribution < 1.29 is 14.6 Å². The Morgan fingerprint density at radius 2 is 1.10 bits per heavy atom. The van der Waals surface area contributed by atoms with Gasteiger partial charge in [-0.05, 0) is 6.42 Å². The second-order valence-corrected chi connectivity index (χ2v) is 5.36. The first kappa shape index (κ1) is 22.2. The Labute approximate surface area is 137 Å². The van der Waals surface area contributed by atoms with Crippen molar-refractivity contribution in [2.75, 3.05) is 6.61 Å². The van der Waals surface area contributed by atoms with Gasteiger partial charge in [0.05, 0.1) is 6.61 Å². The number of hydrogen-bond donors (Lipinski definition) is 1. The molecule has 0 aliphatic carbocycles. The minimum absolute atomic E-state index is 0. The van der Waals surface area contributed by atoms with Crippen LogP contribution in [0.5, 0.6) is 0 Å². The number of unbranched alkanes of at least 4 members (excludes halogenated alkanes) is 12. The van der Waals surface area contributed by atoms with E-state index in [1.807, 2.05) is 0 Å². The van der Waals surface area contributed by atoms with Crippen molar-refractivity contribution in [1.29, 1.82) is 0 Å². The third kappa shape index (κ3) is 20.2. The fraction of sp³-hybridized carbons (Fsp3) is 0.938. The van der Waals surface area contributed by atoms with Crippen molar-refractivity contribution >= 4 is 25.0 Å². The summed E-state index contributed by atoms with van der Waals surface area (Å²) in [5.41, 5.74) is 0. The summed E-state index contributed by atoms with van der Waals surface area (Å²) >= 11 is 0. The van der Waals surface area contributed by atoms with Crippen molar-refractivity contribution in [1.82, 2.24) is 0 Å². The zero-order chi connectivity index (χ0) is 14.2. The van der Waals surface area contributed by atoms with Gasteiger partial charge in [-0.1, -0.05) is 84.0 Å². The SMILES string of the molecule is CCCCCCCCCCCCCCCOC(=O)O.[LiH]. The van der Waals surface area contributed by atoms with Crippen LogP contribution >= 0.6 is 0 Å². The molecule has 0 unspecified atom stereocenters. The van der Waals surface area contributed by atoms with Gasteiger partial charge < -0.3 is 9.84 Å². The normalized spacial score (nSPS) is 10.1. The topological polar surface area (TPSA) is 46.5 Å². The first-order chi connectivity index (χ1) is 9.27. The second kappa shape index (κ2) is 18.9. The van der Waals surface area contributed by atoms with Crippen LogP contribution < -0.4 is 0 Å². The van der Waals surface area contributed by atoms with Gasteiger partial charge in [-0.15, -0.1) is 0 Å². The molecular weight excluding hydrogens is 247 g/mol. The van der Waals surface area contributed by atoms with Gasteiger partial charge in [0.25, 0.3) is 0 Å². The number of ether oxygens (including phenoxy) is 1. The zero-order valence-corrected chi connectivity index (χ0v) is 12.7. The van der Waals surface area contributed by atoms with Gasteiger partial charge in [0.15, 0.2) is 0 Å². The molecule has 0 fully saturated rings. The van der Waals surface area contributed by atoms with Crippen LogP contribution in [0.2, 0.25) is 0 Å². The van der Waals surface area contributed by atoms with Gasteiger partial charge in [-0.2, -0.15) is 0 Å². The van der Waals surface area contributed by atoms with Gasteiger partial charge in [0.2, 0.25) is 0 Å². The summed E-state index contributed by atoms with van der Waals surface area (Å²) in [6, 6.07) is 0. The molecule has 0 saturated heterocycles. The third-order valence-corrected chi connectivity index (χ3v) is 3.47. The Bertz CT molecular complexity index is 198. The predicted molar refractivity (Wildman–Crippen MR) is 86.8 cm³/mol. The van der Waals surface area contributed by atoms with Crippen LogP contribution in [-0.2, 0) is 4.74 Å². The molecule has 0 saturated carbocycles. The van der Waals surface area contributed by atoms with Crippen LogP contribution in [0.25, 0.3) is 0 Å². The minimum atomic E-state index is -1.15. The number of carbonyl (C=O) groups is 1. The molecule has 0 amide bonds. The molecule has 0 aromatic heterocycles. The first-order valence-electron chi connectivity index (χ1n) is 8.13.